The van der Waals surface area contributed by atoms with Crippen molar-refractivity contribution in [3.8, 4) is 5.75 Å². The Kier molecular flexibility index (Phi) is 4.32. The zero-order valence-corrected chi connectivity index (χ0v) is 15.3. The summed E-state index contributed by atoms with van der Waals surface area (Å²) in [6, 6.07) is 9.89. The minimum atomic E-state index is -0.356. The van der Waals surface area contributed by atoms with Gasteiger partial charge in [-0.2, -0.15) is 0 Å². The average Bonchev–Trinajstić information content (AvgIpc) is 3.22. The molecular weight excluding hydrogens is 328 g/mol. The van der Waals surface area contributed by atoms with Gasteiger partial charge in [-0.05, 0) is 30.2 Å². The minimum Gasteiger partial charge on any atom is -0.508 e. The van der Waals surface area contributed by atoms with Crippen LogP contribution in [0.2, 0.25) is 0 Å². The molecule has 0 saturated carbocycles. The molecule has 3 heterocycles. The van der Waals surface area contributed by atoms with Crippen LogP contribution in [-0.4, -0.2) is 16.2 Å². The summed E-state index contributed by atoms with van der Waals surface area (Å²) in [6.45, 7) is 3.89. The van der Waals surface area contributed by atoms with Crippen molar-refractivity contribution in [3.63, 3.8) is 0 Å². The molecule has 1 aliphatic heterocycles. The number of phenolic OH excluding ortho intramolecular Hbond substituents is 1. The molecule has 136 valence electrons. The first-order chi connectivity index (χ1) is 12.6. The van der Waals surface area contributed by atoms with Crippen molar-refractivity contribution in [3.05, 3.63) is 63.8 Å². The summed E-state index contributed by atoms with van der Waals surface area (Å²) in [5.74, 6) is 0.190. The summed E-state index contributed by atoms with van der Waals surface area (Å²) >= 11 is 0. The number of rotatable bonds is 4. The van der Waals surface area contributed by atoms with Gasteiger partial charge in [0.15, 0.2) is 0 Å². The predicted octanol–water partition coefficient (Wildman–Crippen LogP) is 2.32. The zero-order chi connectivity index (χ0) is 18.3. The molecule has 2 atom stereocenters. The van der Waals surface area contributed by atoms with Gasteiger partial charge in [-0.3, -0.25) is 0 Å². The molecule has 5 nitrogen and oxygen atoms in total. The molecule has 0 aliphatic carbocycles. The Morgan fingerprint density at radius 2 is 2.15 bits per heavy atom. The second-order valence-electron chi connectivity index (χ2n) is 7.25. The van der Waals surface area contributed by atoms with E-state index in [2.05, 4.69) is 29.9 Å². The van der Waals surface area contributed by atoms with E-state index in [-0.39, 0.29) is 11.4 Å². The fourth-order valence-electron chi connectivity index (χ4n) is 4.30. The number of hydrogen-bond acceptors (Lipinski definition) is 3. The molecule has 1 aliphatic rings. The van der Waals surface area contributed by atoms with Crippen molar-refractivity contribution in [2.45, 2.75) is 38.8 Å². The largest absolute Gasteiger partial charge is 0.508 e. The Balaban J connectivity index is 1.74. The Labute approximate surface area is 152 Å². The number of fused-ring (bicyclic) bond motifs is 1. The van der Waals surface area contributed by atoms with Crippen molar-refractivity contribution in [2.75, 3.05) is 6.54 Å². The van der Waals surface area contributed by atoms with Crippen molar-refractivity contribution in [2.24, 2.45) is 7.05 Å². The molecule has 0 radical (unpaired) electrons. The lowest BCUT2D eigenvalue weighted by Crippen LogP contribution is -3.09. The van der Waals surface area contributed by atoms with Crippen molar-refractivity contribution < 1.29 is 14.4 Å². The number of nitrogens with zero attached hydrogens (tertiary/aromatic N) is 1. The summed E-state index contributed by atoms with van der Waals surface area (Å²) in [4.78, 5) is 13.5. The zero-order valence-electron chi connectivity index (χ0n) is 15.3. The highest BCUT2D eigenvalue weighted by atomic mass is 16.4. The first kappa shape index (κ1) is 16.9. The summed E-state index contributed by atoms with van der Waals surface area (Å²) in [5, 5.41) is 11.0. The monoisotopic (exact) mass is 353 g/mol. The van der Waals surface area contributed by atoms with Gasteiger partial charge in [0.2, 0.25) is 0 Å². The number of likely N-dealkylation sites (tertiary alicyclic amines) is 1. The highest BCUT2D eigenvalue weighted by Gasteiger charge is 2.32. The lowest BCUT2D eigenvalue weighted by Gasteiger charge is -2.22. The molecule has 2 aromatic heterocycles. The number of benzene rings is 1. The summed E-state index contributed by atoms with van der Waals surface area (Å²) in [5.41, 5.74) is 3.34. The molecule has 1 saturated heterocycles. The highest BCUT2D eigenvalue weighted by Crippen LogP contribution is 2.27. The Bertz CT molecular complexity index is 1000. The van der Waals surface area contributed by atoms with Gasteiger partial charge >= 0.3 is 5.63 Å². The SMILES string of the molecule is CCc1cc2c(C[NH+]3CCC[C@@H]3c3cccn3C)cc(=O)oc2cc1O. The van der Waals surface area contributed by atoms with Crippen molar-refractivity contribution >= 4 is 11.0 Å². The van der Waals surface area contributed by atoms with Crippen molar-refractivity contribution in [1.82, 2.24) is 4.57 Å². The molecule has 4 rings (SSSR count). The van der Waals surface area contributed by atoms with Gasteiger partial charge in [-0.1, -0.05) is 6.92 Å². The Morgan fingerprint density at radius 3 is 2.88 bits per heavy atom. The van der Waals surface area contributed by atoms with Crippen LogP contribution in [0.5, 0.6) is 5.75 Å². The van der Waals surface area contributed by atoms with E-state index in [4.69, 9.17) is 4.42 Å². The van der Waals surface area contributed by atoms with Crippen LogP contribution in [0.25, 0.3) is 11.0 Å². The molecule has 1 unspecified atom stereocenters. The third kappa shape index (κ3) is 2.92. The maximum absolute atomic E-state index is 12.0. The van der Waals surface area contributed by atoms with E-state index in [1.54, 1.807) is 12.1 Å². The standard InChI is InChI=1S/C21H24N2O3/c1-3-14-10-16-15(11-21(25)26-20(16)12-19(14)24)13-23-9-5-7-18(23)17-6-4-8-22(17)2/h4,6,8,10-12,18,24H,3,5,7,9,13H2,1-2H3/p+1/t18-/m1/s1. The van der Waals surface area contributed by atoms with Gasteiger partial charge < -0.3 is 19.0 Å². The summed E-state index contributed by atoms with van der Waals surface area (Å²) in [6.07, 6.45) is 5.18. The number of hydrogen-bond donors (Lipinski definition) is 2. The van der Waals surface area contributed by atoms with Gasteiger partial charge in [0.05, 0.1) is 12.2 Å². The molecule has 0 spiro atoms. The first-order valence-electron chi connectivity index (χ1n) is 9.31. The van der Waals surface area contributed by atoms with E-state index in [1.165, 1.54) is 17.0 Å². The maximum Gasteiger partial charge on any atom is 0.336 e. The topological polar surface area (TPSA) is 59.8 Å². The van der Waals surface area contributed by atoms with Crippen LogP contribution in [0.3, 0.4) is 0 Å². The second-order valence-corrected chi connectivity index (χ2v) is 7.25. The van der Waals surface area contributed by atoms with E-state index < -0.39 is 0 Å². The number of nitrogens with one attached hydrogen (secondary N) is 1. The smallest absolute Gasteiger partial charge is 0.336 e. The van der Waals surface area contributed by atoms with Crippen LogP contribution in [0, 0.1) is 0 Å². The van der Waals surface area contributed by atoms with Gasteiger partial charge in [0.25, 0.3) is 0 Å². The fourth-order valence-corrected chi connectivity index (χ4v) is 4.30. The molecule has 1 aromatic carbocycles. The lowest BCUT2D eigenvalue weighted by atomic mass is 10.0. The third-order valence-corrected chi connectivity index (χ3v) is 5.65. The first-order valence-corrected chi connectivity index (χ1v) is 9.31. The quantitative estimate of drug-likeness (QED) is 0.708. The molecule has 1 fully saturated rings. The van der Waals surface area contributed by atoms with Crippen LogP contribution in [0.4, 0.5) is 0 Å². The van der Waals surface area contributed by atoms with E-state index in [1.807, 2.05) is 13.0 Å². The number of aryl methyl sites for hydroxylation is 2. The van der Waals surface area contributed by atoms with E-state index in [9.17, 15) is 9.90 Å². The lowest BCUT2D eigenvalue weighted by molar-refractivity contribution is -0.932. The molecular formula is C21H25N2O3+. The molecule has 5 heteroatoms. The van der Waals surface area contributed by atoms with Crippen LogP contribution >= 0.6 is 0 Å². The maximum atomic E-state index is 12.0. The fraction of sp³-hybridized carbons (Fsp3) is 0.381. The number of aromatic nitrogens is 1. The summed E-state index contributed by atoms with van der Waals surface area (Å²) < 4.78 is 7.53. The van der Waals surface area contributed by atoms with E-state index >= 15 is 0 Å². The van der Waals surface area contributed by atoms with E-state index in [0.717, 1.165) is 42.4 Å². The van der Waals surface area contributed by atoms with Crippen LogP contribution < -0.4 is 10.5 Å². The van der Waals surface area contributed by atoms with Crippen LogP contribution in [-0.2, 0) is 20.0 Å². The average molecular weight is 353 g/mol. The molecule has 2 N–H and O–H groups in total. The van der Waals surface area contributed by atoms with Gasteiger partial charge in [0, 0.05) is 49.2 Å². The second kappa shape index (κ2) is 6.65. The molecule has 26 heavy (non-hydrogen) atoms. The Morgan fingerprint density at radius 1 is 1.31 bits per heavy atom. The normalized spacial score (nSPS) is 20.1. The summed E-state index contributed by atoms with van der Waals surface area (Å²) in [7, 11) is 2.09. The predicted molar refractivity (Wildman–Crippen MR) is 100 cm³/mol. The third-order valence-electron chi connectivity index (χ3n) is 5.65. The highest BCUT2D eigenvalue weighted by molar-refractivity contribution is 5.82. The van der Waals surface area contributed by atoms with Gasteiger partial charge in [-0.25, -0.2) is 4.79 Å². The van der Waals surface area contributed by atoms with E-state index in [0.29, 0.717) is 11.6 Å². The number of quaternary nitrogens is 1. The van der Waals surface area contributed by atoms with Crippen molar-refractivity contribution in [1.29, 1.82) is 0 Å². The van der Waals surface area contributed by atoms with Crippen LogP contribution in [0.1, 0.15) is 42.6 Å². The molecule has 3 aromatic rings. The number of phenols is 1. The minimum absolute atomic E-state index is 0.190. The van der Waals surface area contributed by atoms with Crippen LogP contribution in [0.15, 0.2) is 45.7 Å². The molecule has 0 amide bonds. The van der Waals surface area contributed by atoms with Gasteiger partial charge in [-0.15, -0.1) is 0 Å². The molecule has 0 bridgehead atoms. The van der Waals surface area contributed by atoms with Gasteiger partial charge in [0.1, 0.15) is 23.9 Å². The Hall–Kier alpha value is -2.53. The number of aromatic hydroxyl groups is 1.